The molecule has 0 aliphatic carbocycles. The van der Waals surface area contributed by atoms with Gasteiger partial charge in [-0.25, -0.2) is 14.4 Å². The first-order valence-electron chi connectivity index (χ1n) is 19.0. The molecule has 6 rings (SSSR count). The molecule has 310 valence electrons. The van der Waals surface area contributed by atoms with E-state index in [4.69, 9.17) is 28.4 Å². The molecule has 0 aliphatic heterocycles. The van der Waals surface area contributed by atoms with Crippen molar-refractivity contribution < 1.29 is 62.0 Å². The van der Waals surface area contributed by atoms with E-state index < -0.39 is 43.1 Å². The van der Waals surface area contributed by atoms with Gasteiger partial charge in [0.25, 0.3) is 0 Å². The summed E-state index contributed by atoms with van der Waals surface area (Å²) in [5, 5.41) is 0. The molecule has 13 heteroatoms. The van der Waals surface area contributed by atoms with Gasteiger partial charge in [0.2, 0.25) is 5.78 Å². The lowest BCUT2D eigenvalue weighted by Crippen LogP contribution is -2.48. The normalized spacial score (nSPS) is 10.6. The predicted molar refractivity (Wildman–Crippen MR) is 222 cm³/mol. The van der Waals surface area contributed by atoms with Gasteiger partial charge in [-0.15, -0.1) is 0 Å². The molecular weight excluding hydrogens is 797 g/mol. The quantitative estimate of drug-likeness (QED) is 0.0212. The van der Waals surface area contributed by atoms with Crippen molar-refractivity contribution in [2.45, 2.75) is 18.6 Å². The van der Waals surface area contributed by atoms with Crippen molar-refractivity contribution >= 4 is 41.6 Å². The molecule has 0 fully saturated rings. The third-order valence-electron chi connectivity index (χ3n) is 8.99. The van der Waals surface area contributed by atoms with Crippen molar-refractivity contribution in [1.82, 2.24) is 0 Å². The minimum atomic E-state index is -2.75. The molecule has 0 saturated heterocycles. The fourth-order valence-corrected chi connectivity index (χ4v) is 5.88. The summed E-state index contributed by atoms with van der Waals surface area (Å²) in [7, 11) is 0. The third kappa shape index (κ3) is 11.4. The Morgan fingerprint density at radius 2 is 0.726 bits per heavy atom. The van der Waals surface area contributed by atoms with Crippen molar-refractivity contribution in [3.8, 4) is 17.2 Å². The molecule has 0 aromatic heterocycles. The average molecular weight is 833 g/mol. The number of ether oxygens (including phenoxy) is 6. The molecule has 6 aromatic rings. The molecule has 0 aliphatic rings. The van der Waals surface area contributed by atoms with Crippen LogP contribution in [0.2, 0.25) is 0 Å². The molecule has 62 heavy (non-hydrogen) atoms. The van der Waals surface area contributed by atoms with Crippen LogP contribution >= 0.6 is 0 Å². The van der Waals surface area contributed by atoms with Crippen molar-refractivity contribution in [2.75, 3.05) is 6.61 Å². The van der Waals surface area contributed by atoms with Gasteiger partial charge in [-0.05, 0) is 85.3 Å². The van der Waals surface area contributed by atoms with Crippen LogP contribution in [-0.2, 0) is 19.0 Å². The molecule has 0 unspecified atom stereocenters. The average Bonchev–Trinajstić information content (AvgIpc) is 3.31. The molecule has 0 saturated carbocycles. The van der Waals surface area contributed by atoms with Gasteiger partial charge in [-0.3, -0.25) is 19.2 Å². The molecule has 13 nitrogen and oxygen atoms in total. The van der Waals surface area contributed by atoms with E-state index in [2.05, 4.69) is 6.58 Å². The molecule has 6 aromatic carbocycles. The maximum Gasteiger partial charge on any atom is 0.517 e. The van der Waals surface area contributed by atoms with Crippen LogP contribution in [0.1, 0.15) is 60.6 Å². The van der Waals surface area contributed by atoms with E-state index in [1.54, 1.807) is 91.0 Å². The molecule has 0 amide bonds. The summed E-state index contributed by atoms with van der Waals surface area (Å²) < 4.78 is 31.7. The highest BCUT2D eigenvalue weighted by atomic mass is 16.8. The molecule has 0 atom stereocenters. The number of carbonyl (C=O) groups excluding carboxylic acids is 7. The Kier molecular flexibility index (Phi) is 14.3. The number of rotatable bonds is 17. The maximum absolute atomic E-state index is 13.4. The summed E-state index contributed by atoms with van der Waals surface area (Å²) in [6.07, 6.45) is -4.23. The van der Waals surface area contributed by atoms with E-state index in [1.807, 2.05) is 0 Å². The van der Waals surface area contributed by atoms with Crippen molar-refractivity contribution in [1.29, 1.82) is 0 Å². The highest BCUT2D eigenvalue weighted by molar-refractivity contribution is 6.10. The minimum absolute atomic E-state index is 0.0721. The van der Waals surface area contributed by atoms with Crippen molar-refractivity contribution in [3.63, 3.8) is 0 Å². The van der Waals surface area contributed by atoms with Crippen LogP contribution in [0, 0.1) is 0 Å². The van der Waals surface area contributed by atoms with Crippen molar-refractivity contribution in [3.05, 3.63) is 210 Å². The lowest BCUT2D eigenvalue weighted by atomic mass is 10.0. The summed E-state index contributed by atoms with van der Waals surface area (Å²) in [5.74, 6) is -4.74. The lowest BCUT2D eigenvalue weighted by Gasteiger charge is -2.29. The van der Waals surface area contributed by atoms with E-state index in [1.165, 1.54) is 72.8 Å². The topological polar surface area (TPSA) is 175 Å². The van der Waals surface area contributed by atoms with Gasteiger partial charge in [0.05, 0.1) is 6.61 Å². The Balaban J connectivity index is 1.12. The Morgan fingerprint density at radius 3 is 1.05 bits per heavy atom. The Labute approximate surface area is 355 Å². The summed E-state index contributed by atoms with van der Waals surface area (Å²) in [4.78, 5) is 90.9. The Hall–Kier alpha value is -8.45. The first kappa shape index (κ1) is 43.1. The van der Waals surface area contributed by atoms with Gasteiger partial charge in [-0.1, -0.05) is 97.6 Å². The zero-order chi connectivity index (χ0) is 43.9. The van der Waals surface area contributed by atoms with Crippen molar-refractivity contribution in [2.24, 2.45) is 0 Å². The third-order valence-corrected chi connectivity index (χ3v) is 8.99. The SMILES string of the molecule is C=CC(=O)C(CCCOC(=O)Oc1ccc(C(=O)c2ccccc2)cc1)(OC(=O)Oc1ccc(C(=O)c2ccccc2)cc1)OC(=O)Oc1ccc(C(=O)c2ccccc2)cc1. The second kappa shape index (κ2) is 20.5. The van der Waals surface area contributed by atoms with Crippen LogP contribution in [0.5, 0.6) is 17.2 Å². The second-order valence-electron chi connectivity index (χ2n) is 13.2. The van der Waals surface area contributed by atoms with Gasteiger partial charge in [0.1, 0.15) is 17.2 Å². The summed E-state index contributed by atoms with van der Waals surface area (Å²) in [5.41, 5.74) is 2.32. The number of carbonyl (C=O) groups is 7. The fourth-order valence-electron chi connectivity index (χ4n) is 5.88. The van der Waals surface area contributed by atoms with Gasteiger partial charge < -0.3 is 28.4 Å². The van der Waals surface area contributed by atoms with Crippen LogP contribution in [0.25, 0.3) is 0 Å². The van der Waals surface area contributed by atoms with E-state index in [0.717, 1.165) is 6.08 Å². The monoisotopic (exact) mass is 832 g/mol. The van der Waals surface area contributed by atoms with Gasteiger partial charge in [-0.2, -0.15) is 0 Å². The Bertz CT molecular complexity index is 2440. The van der Waals surface area contributed by atoms with E-state index >= 15 is 0 Å². The largest absolute Gasteiger partial charge is 0.517 e. The molecule has 0 spiro atoms. The Morgan fingerprint density at radius 1 is 0.419 bits per heavy atom. The number of hydrogen-bond acceptors (Lipinski definition) is 13. The first-order chi connectivity index (χ1) is 30.0. The van der Waals surface area contributed by atoms with Gasteiger partial charge in [0, 0.05) is 39.8 Å². The number of benzene rings is 6. The van der Waals surface area contributed by atoms with Crippen LogP contribution in [-0.4, -0.2) is 54.0 Å². The molecule has 0 N–H and O–H groups in total. The summed E-state index contributed by atoms with van der Waals surface area (Å²) >= 11 is 0. The van der Waals surface area contributed by atoms with Gasteiger partial charge >= 0.3 is 24.3 Å². The molecule has 0 heterocycles. The summed E-state index contributed by atoms with van der Waals surface area (Å²) in [6.45, 7) is 3.01. The number of ketones is 4. The lowest BCUT2D eigenvalue weighted by molar-refractivity contribution is -0.189. The van der Waals surface area contributed by atoms with E-state index in [9.17, 15) is 33.6 Å². The summed E-state index contributed by atoms with van der Waals surface area (Å²) in [6, 6.07) is 42.4. The fraction of sp³-hybridized carbons (Fsp3) is 0.0816. The van der Waals surface area contributed by atoms with Crippen LogP contribution in [0.3, 0.4) is 0 Å². The second-order valence-corrected chi connectivity index (χ2v) is 13.2. The zero-order valence-electron chi connectivity index (χ0n) is 32.8. The predicted octanol–water partition coefficient (Wildman–Crippen LogP) is 9.56. The van der Waals surface area contributed by atoms with Gasteiger partial charge in [0.15, 0.2) is 17.3 Å². The van der Waals surface area contributed by atoms with Crippen LogP contribution < -0.4 is 14.2 Å². The molecular formula is C49H36O13. The minimum Gasteiger partial charge on any atom is -0.434 e. The first-order valence-corrected chi connectivity index (χ1v) is 19.0. The van der Waals surface area contributed by atoms with Crippen LogP contribution in [0.15, 0.2) is 176 Å². The van der Waals surface area contributed by atoms with E-state index in [-0.39, 0.29) is 41.0 Å². The number of hydrogen-bond donors (Lipinski definition) is 0. The smallest absolute Gasteiger partial charge is 0.434 e. The maximum atomic E-state index is 13.4. The van der Waals surface area contributed by atoms with E-state index in [0.29, 0.717) is 33.4 Å². The standard InChI is InChI=1S/C49H36O13/c1-2-42(50)49(61-47(55)59-40-27-21-37(22-28-40)44(52)34-15-8-4-9-16-34,62-48(56)60-41-29-23-38(24-30-41)45(53)35-17-10-5-11-18-35)31-12-32-57-46(54)58-39-25-19-36(20-26-39)43(51)33-13-6-3-7-14-33/h2-11,13-30H,1,12,31-32H2. The molecule has 0 bridgehead atoms. The zero-order valence-corrected chi connectivity index (χ0v) is 32.8. The highest BCUT2D eigenvalue weighted by Gasteiger charge is 2.46. The molecule has 0 radical (unpaired) electrons. The highest BCUT2D eigenvalue weighted by Crippen LogP contribution is 2.27. The van der Waals surface area contributed by atoms with Crippen LogP contribution in [0.4, 0.5) is 14.4 Å².